The lowest BCUT2D eigenvalue weighted by atomic mass is 10.2. The first-order chi connectivity index (χ1) is 8.94. The van der Waals surface area contributed by atoms with Gasteiger partial charge in [-0.1, -0.05) is 0 Å². The van der Waals surface area contributed by atoms with Crippen molar-refractivity contribution in [2.45, 2.75) is 25.4 Å². The first-order valence-corrected chi connectivity index (χ1v) is 6.56. The predicted octanol–water partition coefficient (Wildman–Crippen LogP) is 3.64. The third kappa shape index (κ3) is 4.38. The van der Waals surface area contributed by atoms with Gasteiger partial charge in [-0.05, 0) is 40.9 Å². The fourth-order valence-electron chi connectivity index (χ4n) is 1.58. The molecule has 0 amide bonds. The number of hydrogen-bond acceptors (Lipinski definition) is 3. The van der Waals surface area contributed by atoms with Crippen LogP contribution in [0.25, 0.3) is 5.65 Å². The van der Waals surface area contributed by atoms with E-state index >= 15 is 0 Å². The molecule has 19 heavy (non-hydrogen) atoms. The Labute approximate surface area is 116 Å². The lowest BCUT2D eigenvalue weighted by Gasteiger charge is -2.05. The smallest absolute Gasteiger partial charge is 0.353 e. The maximum absolute atomic E-state index is 11.9. The van der Waals surface area contributed by atoms with Gasteiger partial charge in [0.25, 0.3) is 0 Å². The molecule has 4 nitrogen and oxygen atoms in total. The molecule has 0 aliphatic rings. The fraction of sp³-hybridized carbons (Fsp3) is 0.455. The highest BCUT2D eigenvalue weighted by molar-refractivity contribution is 9.10. The molecule has 104 valence electrons. The van der Waals surface area contributed by atoms with Crippen LogP contribution in [0.5, 0.6) is 0 Å². The molecule has 0 aromatic carbocycles. The fourth-order valence-corrected chi connectivity index (χ4v) is 1.91. The minimum absolute atomic E-state index is 0.107. The lowest BCUT2D eigenvalue weighted by molar-refractivity contribution is -0.135. The molecule has 0 aliphatic carbocycles. The van der Waals surface area contributed by atoms with Crippen molar-refractivity contribution in [3.8, 4) is 0 Å². The number of nitrogens with zero attached hydrogens (tertiary/aromatic N) is 3. The van der Waals surface area contributed by atoms with Gasteiger partial charge in [0, 0.05) is 23.6 Å². The van der Waals surface area contributed by atoms with Crippen LogP contribution in [0.3, 0.4) is 0 Å². The molecule has 2 heterocycles. The third-order valence-corrected chi connectivity index (χ3v) is 2.93. The Morgan fingerprint density at radius 3 is 2.79 bits per heavy atom. The number of alkyl halides is 3. The van der Waals surface area contributed by atoms with Crippen molar-refractivity contribution < 1.29 is 13.2 Å². The summed E-state index contributed by atoms with van der Waals surface area (Å²) in [5.41, 5.74) is 0.681. The van der Waals surface area contributed by atoms with Gasteiger partial charge in [-0.3, -0.25) is 0 Å². The lowest BCUT2D eigenvalue weighted by Crippen LogP contribution is -2.09. The molecule has 0 saturated heterocycles. The van der Waals surface area contributed by atoms with Crippen molar-refractivity contribution in [1.29, 1.82) is 0 Å². The molecule has 2 rings (SSSR count). The normalized spacial score (nSPS) is 12.0. The molecule has 2 aromatic rings. The molecule has 0 unspecified atom stereocenters. The molecular formula is C11H12BrF3N4. The molecule has 0 saturated carbocycles. The monoisotopic (exact) mass is 336 g/mol. The summed E-state index contributed by atoms with van der Waals surface area (Å²) in [7, 11) is 0. The van der Waals surface area contributed by atoms with Crippen molar-refractivity contribution in [2.75, 3.05) is 11.9 Å². The summed E-state index contributed by atoms with van der Waals surface area (Å²) in [4.78, 5) is 4.20. The number of aromatic nitrogens is 3. The average molecular weight is 337 g/mol. The van der Waals surface area contributed by atoms with Crippen LogP contribution in [-0.4, -0.2) is 27.3 Å². The van der Waals surface area contributed by atoms with Gasteiger partial charge in [0.15, 0.2) is 5.65 Å². The zero-order valence-electron chi connectivity index (χ0n) is 9.91. The summed E-state index contributed by atoms with van der Waals surface area (Å²) in [5.74, 6) is 0.421. The summed E-state index contributed by atoms with van der Waals surface area (Å²) in [5, 5.41) is 7.08. The molecule has 8 heteroatoms. The number of anilines is 1. The molecule has 0 aliphatic heterocycles. The molecule has 0 radical (unpaired) electrons. The molecule has 0 bridgehead atoms. The van der Waals surface area contributed by atoms with E-state index in [0.29, 0.717) is 24.6 Å². The van der Waals surface area contributed by atoms with Gasteiger partial charge in [-0.25, -0.2) is 4.52 Å². The zero-order chi connectivity index (χ0) is 13.9. The van der Waals surface area contributed by atoms with E-state index in [1.165, 1.54) is 0 Å². The number of nitrogens with one attached hydrogen (secondary N) is 1. The second kappa shape index (κ2) is 5.77. The highest BCUT2D eigenvalue weighted by Gasteiger charge is 2.25. The van der Waals surface area contributed by atoms with E-state index in [2.05, 4.69) is 31.3 Å². The van der Waals surface area contributed by atoms with Crippen LogP contribution in [0.1, 0.15) is 19.3 Å². The second-order valence-corrected chi connectivity index (χ2v) is 5.00. The first kappa shape index (κ1) is 14.1. The Morgan fingerprint density at radius 2 is 2.05 bits per heavy atom. The van der Waals surface area contributed by atoms with E-state index in [-0.39, 0.29) is 6.42 Å². The van der Waals surface area contributed by atoms with Crippen LogP contribution < -0.4 is 5.32 Å². The van der Waals surface area contributed by atoms with E-state index < -0.39 is 12.6 Å². The molecule has 1 N–H and O–H groups in total. The van der Waals surface area contributed by atoms with Gasteiger partial charge < -0.3 is 5.32 Å². The van der Waals surface area contributed by atoms with Crippen molar-refractivity contribution >= 4 is 27.5 Å². The first-order valence-electron chi connectivity index (χ1n) is 5.77. The SMILES string of the molecule is FC(F)(F)CCCCNc1nc2ccc(Br)cn2n1. The maximum Gasteiger partial charge on any atom is 0.389 e. The van der Waals surface area contributed by atoms with Crippen molar-refractivity contribution in [2.24, 2.45) is 0 Å². The van der Waals surface area contributed by atoms with Gasteiger partial charge in [-0.15, -0.1) is 5.10 Å². The van der Waals surface area contributed by atoms with E-state index in [0.717, 1.165) is 4.47 Å². The van der Waals surface area contributed by atoms with Crippen LogP contribution in [-0.2, 0) is 0 Å². The standard InChI is InChI=1S/C11H12BrF3N4/c12-8-3-4-9-17-10(18-19(9)7-8)16-6-2-1-5-11(13,14)15/h3-4,7H,1-2,5-6H2,(H,16,18). The van der Waals surface area contributed by atoms with E-state index in [1.54, 1.807) is 16.8 Å². The Kier molecular flexibility index (Phi) is 4.28. The molecular weight excluding hydrogens is 325 g/mol. The summed E-state index contributed by atoms with van der Waals surface area (Å²) < 4.78 is 38.3. The number of halogens is 4. The van der Waals surface area contributed by atoms with Gasteiger partial charge >= 0.3 is 6.18 Å². The number of pyridine rings is 1. The van der Waals surface area contributed by atoms with Crippen LogP contribution in [0.15, 0.2) is 22.8 Å². The predicted molar refractivity (Wildman–Crippen MR) is 69.1 cm³/mol. The summed E-state index contributed by atoms with van der Waals surface area (Å²) in [6, 6.07) is 3.64. The molecule has 2 aromatic heterocycles. The van der Waals surface area contributed by atoms with Gasteiger partial charge in [-0.2, -0.15) is 18.2 Å². The van der Waals surface area contributed by atoms with E-state index in [4.69, 9.17) is 0 Å². The van der Waals surface area contributed by atoms with E-state index in [9.17, 15) is 13.2 Å². The van der Waals surface area contributed by atoms with Crippen molar-refractivity contribution in [1.82, 2.24) is 14.6 Å². The number of unbranched alkanes of at least 4 members (excludes halogenated alkanes) is 1. The molecule has 0 spiro atoms. The Bertz CT molecular complexity index is 552. The van der Waals surface area contributed by atoms with Crippen LogP contribution >= 0.6 is 15.9 Å². The topological polar surface area (TPSA) is 42.2 Å². The Morgan fingerprint density at radius 1 is 1.26 bits per heavy atom. The summed E-state index contributed by atoms with van der Waals surface area (Å²) in [6.45, 7) is 0.425. The number of hydrogen-bond donors (Lipinski definition) is 1. The Hall–Kier alpha value is -1.31. The second-order valence-electron chi connectivity index (χ2n) is 4.08. The van der Waals surface area contributed by atoms with Gasteiger partial charge in [0.2, 0.25) is 5.95 Å². The number of fused-ring (bicyclic) bond motifs is 1. The number of rotatable bonds is 5. The molecule has 0 fully saturated rings. The largest absolute Gasteiger partial charge is 0.389 e. The average Bonchev–Trinajstić information content (AvgIpc) is 2.68. The highest BCUT2D eigenvalue weighted by Crippen LogP contribution is 2.22. The van der Waals surface area contributed by atoms with Crippen molar-refractivity contribution in [3.05, 3.63) is 22.8 Å². The van der Waals surface area contributed by atoms with Gasteiger partial charge in [0.1, 0.15) is 0 Å². The van der Waals surface area contributed by atoms with Crippen LogP contribution in [0.2, 0.25) is 0 Å². The maximum atomic E-state index is 11.9. The zero-order valence-corrected chi connectivity index (χ0v) is 11.5. The highest BCUT2D eigenvalue weighted by atomic mass is 79.9. The summed E-state index contributed by atoms with van der Waals surface area (Å²) >= 11 is 3.32. The van der Waals surface area contributed by atoms with Crippen molar-refractivity contribution in [3.63, 3.8) is 0 Å². The minimum Gasteiger partial charge on any atom is -0.353 e. The Balaban J connectivity index is 1.82. The molecule has 0 atom stereocenters. The third-order valence-electron chi connectivity index (χ3n) is 2.47. The quantitative estimate of drug-likeness (QED) is 0.847. The minimum atomic E-state index is -4.08. The van der Waals surface area contributed by atoms with Crippen LogP contribution in [0, 0.1) is 0 Å². The van der Waals surface area contributed by atoms with E-state index in [1.807, 2.05) is 6.07 Å². The van der Waals surface area contributed by atoms with Gasteiger partial charge in [0.05, 0.1) is 0 Å². The van der Waals surface area contributed by atoms with Crippen LogP contribution in [0.4, 0.5) is 19.1 Å². The summed E-state index contributed by atoms with van der Waals surface area (Å²) in [6.07, 6.45) is -2.53.